The van der Waals surface area contributed by atoms with Crippen molar-refractivity contribution in [1.29, 1.82) is 0 Å². The third kappa shape index (κ3) is 4.73. The Bertz CT molecular complexity index is 1310. The van der Waals surface area contributed by atoms with Crippen molar-refractivity contribution in [1.82, 2.24) is 4.98 Å². The Morgan fingerprint density at radius 2 is 1.94 bits per heavy atom. The van der Waals surface area contributed by atoms with Crippen molar-refractivity contribution in [2.24, 2.45) is 0 Å². The zero-order chi connectivity index (χ0) is 22.5. The molecule has 2 aromatic heterocycles. The first-order valence-electron chi connectivity index (χ1n) is 9.55. The van der Waals surface area contributed by atoms with Crippen molar-refractivity contribution in [3.8, 4) is 27.8 Å². The molecule has 0 fully saturated rings. The highest BCUT2D eigenvalue weighted by molar-refractivity contribution is 7.13. The van der Waals surface area contributed by atoms with Gasteiger partial charge in [-0.05, 0) is 30.3 Å². The number of hydrogen-bond acceptors (Lipinski definition) is 9. The van der Waals surface area contributed by atoms with Crippen molar-refractivity contribution >= 4 is 28.3 Å². The number of fused-ring (bicyclic) bond motifs is 1. The van der Waals surface area contributed by atoms with Gasteiger partial charge in [0.25, 0.3) is 0 Å². The number of methoxy groups -OCH3 is 2. The van der Waals surface area contributed by atoms with Crippen LogP contribution < -0.4 is 19.8 Å². The summed E-state index contributed by atoms with van der Waals surface area (Å²) in [4.78, 5) is 27.9. The molecule has 0 saturated heterocycles. The van der Waals surface area contributed by atoms with Gasteiger partial charge < -0.3 is 23.4 Å². The van der Waals surface area contributed by atoms with Crippen LogP contribution in [0, 0.1) is 0 Å². The number of carbonyl (C=O) groups is 1. The normalized spacial score (nSPS) is 10.7. The third-order valence-electron chi connectivity index (χ3n) is 4.52. The monoisotopic (exact) mass is 453 g/mol. The van der Waals surface area contributed by atoms with Gasteiger partial charge in [-0.1, -0.05) is 6.07 Å². The number of esters is 1. The molecule has 0 bridgehead atoms. The second-order valence-corrected chi connectivity index (χ2v) is 7.45. The highest BCUT2D eigenvalue weighted by Crippen LogP contribution is 2.39. The Balaban J connectivity index is 1.35. The molecule has 0 radical (unpaired) electrons. The zero-order valence-electron chi connectivity index (χ0n) is 17.3. The fourth-order valence-electron chi connectivity index (χ4n) is 3.02. The first-order valence-corrected chi connectivity index (χ1v) is 10.4. The summed E-state index contributed by atoms with van der Waals surface area (Å²) < 4.78 is 26.6. The summed E-state index contributed by atoms with van der Waals surface area (Å²) in [6.07, 6.45) is 0. The van der Waals surface area contributed by atoms with E-state index in [1.807, 2.05) is 23.6 Å². The summed E-state index contributed by atoms with van der Waals surface area (Å²) in [5, 5.41) is 3.29. The van der Waals surface area contributed by atoms with Gasteiger partial charge in [-0.3, -0.25) is 0 Å². The largest absolute Gasteiger partial charge is 0.493 e. The first-order chi connectivity index (χ1) is 15.6. The fourth-order valence-corrected chi connectivity index (χ4v) is 3.85. The van der Waals surface area contributed by atoms with E-state index in [9.17, 15) is 9.59 Å². The smallest absolute Gasteiger partial charge is 0.344 e. The molecule has 9 heteroatoms. The molecular formula is C23H19NO7S. The van der Waals surface area contributed by atoms with E-state index >= 15 is 0 Å². The highest BCUT2D eigenvalue weighted by atomic mass is 32.1. The number of para-hydroxylation sites is 1. The van der Waals surface area contributed by atoms with Gasteiger partial charge in [0, 0.05) is 22.9 Å². The molecule has 2 aromatic carbocycles. The molecule has 2 heterocycles. The standard InChI is InChI=1S/C23H19NO7S/c1-27-18-5-3-4-17(22(18)28-2)23-24-15(13-32-23)11-30-21(26)12-29-16-8-6-14-7-9-20(25)31-19(14)10-16/h3-10,13H,11-12H2,1-2H3. The molecule has 0 unspecified atom stereocenters. The molecule has 0 aliphatic carbocycles. The van der Waals surface area contributed by atoms with Crippen LogP contribution in [0.5, 0.6) is 17.2 Å². The average molecular weight is 453 g/mol. The Kier molecular flexibility index (Phi) is 6.37. The van der Waals surface area contributed by atoms with E-state index in [1.165, 1.54) is 17.4 Å². The van der Waals surface area contributed by atoms with Crippen LogP contribution in [0.15, 0.2) is 63.1 Å². The third-order valence-corrected chi connectivity index (χ3v) is 5.44. The summed E-state index contributed by atoms with van der Waals surface area (Å²) in [6.45, 7) is -0.277. The summed E-state index contributed by atoms with van der Waals surface area (Å²) in [5.41, 5.74) is 1.33. The van der Waals surface area contributed by atoms with Crippen LogP contribution in [0.2, 0.25) is 0 Å². The minimum atomic E-state index is -0.548. The molecule has 0 aliphatic rings. The van der Waals surface area contributed by atoms with Gasteiger partial charge in [-0.15, -0.1) is 11.3 Å². The van der Waals surface area contributed by atoms with Crippen molar-refractivity contribution in [2.75, 3.05) is 20.8 Å². The first kappa shape index (κ1) is 21.4. The van der Waals surface area contributed by atoms with E-state index in [2.05, 4.69) is 4.98 Å². The average Bonchev–Trinajstić information content (AvgIpc) is 3.29. The lowest BCUT2D eigenvalue weighted by molar-refractivity contribution is -0.147. The second-order valence-electron chi connectivity index (χ2n) is 6.59. The summed E-state index contributed by atoms with van der Waals surface area (Å²) in [5.74, 6) is 1.05. The van der Waals surface area contributed by atoms with E-state index in [4.69, 9.17) is 23.4 Å². The van der Waals surface area contributed by atoms with Gasteiger partial charge in [-0.2, -0.15) is 0 Å². The summed E-state index contributed by atoms with van der Waals surface area (Å²) >= 11 is 1.41. The van der Waals surface area contributed by atoms with E-state index in [0.29, 0.717) is 28.5 Å². The van der Waals surface area contributed by atoms with E-state index in [0.717, 1.165) is 16.0 Å². The lowest BCUT2D eigenvalue weighted by atomic mass is 10.2. The van der Waals surface area contributed by atoms with Crippen LogP contribution in [0.3, 0.4) is 0 Å². The SMILES string of the molecule is COc1cccc(-c2nc(COC(=O)COc3ccc4ccc(=O)oc4c3)cs2)c1OC. The number of nitrogens with zero attached hydrogens (tertiary/aromatic N) is 1. The number of aromatic nitrogens is 1. The zero-order valence-corrected chi connectivity index (χ0v) is 18.1. The quantitative estimate of drug-likeness (QED) is 0.291. The maximum Gasteiger partial charge on any atom is 0.344 e. The number of ether oxygens (including phenoxy) is 4. The van der Waals surface area contributed by atoms with Crippen LogP contribution in [-0.4, -0.2) is 31.8 Å². The molecule has 4 rings (SSSR count). The minimum absolute atomic E-state index is 0.0115. The summed E-state index contributed by atoms with van der Waals surface area (Å²) in [6, 6.07) is 13.5. The molecule has 0 N–H and O–H groups in total. The highest BCUT2D eigenvalue weighted by Gasteiger charge is 2.15. The predicted octanol–water partition coefficient (Wildman–Crippen LogP) is 4.06. The van der Waals surface area contributed by atoms with E-state index in [-0.39, 0.29) is 13.2 Å². The van der Waals surface area contributed by atoms with Crippen molar-refractivity contribution in [3.05, 3.63) is 70.0 Å². The number of benzene rings is 2. The van der Waals surface area contributed by atoms with Crippen molar-refractivity contribution in [3.63, 3.8) is 0 Å². The van der Waals surface area contributed by atoms with E-state index < -0.39 is 11.6 Å². The molecule has 164 valence electrons. The Morgan fingerprint density at radius 3 is 2.75 bits per heavy atom. The minimum Gasteiger partial charge on any atom is -0.493 e. The van der Waals surface area contributed by atoms with Crippen molar-refractivity contribution < 1.29 is 28.2 Å². The molecule has 4 aromatic rings. The van der Waals surface area contributed by atoms with Gasteiger partial charge in [0.05, 0.1) is 25.5 Å². The number of thiazole rings is 1. The van der Waals surface area contributed by atoms with Gasteiger partial charge in [-0.25, -0.2) is 14.6 Å². The Hall–Kier alpha value is -3.85. The maximum absolute atomic E-state index is 12.1. The lowest BCUT2D eigenvalue weighted by Crippen LogP contribution is -2.14. The van der Waals surface area contributed by atoms with Gasteiger partial charge in [0.1, 0.15) is 22.9 Å². The molecule has 0 amide bonds. The fraction of sp³-hybridized carbons (Fsp3) is 0.174. The van der Waals surface area contributed by atoms with Crippen LogP contribution in [0.4, 0.5) is 0 Å². The molecule has 0 spiro atoms. The number of carbonyl (C=O) groups excluding carboxylic acids is 1. The van der Waals surface area contributed by atoms with E-state index in [1.54, 1.807) is 38.5 Å². The maximum atomic E-state index is 12.1. The molecule has 32 heavy (non-hydrogen) atoms. The number of rotatable bonds is 8. The molecule has 0 saturated carbocycles. The summed E-state index contributed by atoms with van der Waals surface area (Å²) in [7, 11) is 3.14. The molecule has 0 atom stereocenters. The van der Waals surface area contributed by atoms with Crippen LogP contribution in [0.25, 0.3) is 21.5 Å². The van der Waals surface area contributed by atoms with Crippen LogP contribution >= 0.6 is 11.3 Å². The Morgan fingerprint density at radius 1 is 1.09 bits per heavy atom. The molecule has 0 aliphatic heterocycles. The van der Waals surface area contributed by atoms with Crippen LogP contribution in [-0.2, 0) is 16.1 Å². The van der Waals surface area contributed by atoms with Crippen LogP contribution in [0.1, 0.15) is 5.69 Å². The predicted molar refractivity (Wildman–Crippen MR) is 118 cm³/mol. The second kappa shape index (κ2) is 9.52. The topological polar surface area (TPSA) is 97.1 Å². The Labute approximate surface area is 186 Å². The van der Waals surface area contributed by atoms with Gasteiger partial charge in [0.2, 0.25) is 0 Å². The van der Waals surface area contributed by atoms with Crippen molar-refractivity contribution in [2.45, 2.75) is 6.61 Å². The van der Waals surface area contributed by atoms with Gasteiger partial charge in [0.15, 0.2) is 18.1 Å². The molecular weight excluding hydrogens is 434 g/mol. The molecule has 8 nitrogen and oxygen atoms in total. The lowest BCUT2D eigenvalue weighted by Gasteiger charge is -2.10. The van der Waals surface area contributed by atoms with Gasteiger partial charge >= 0.3 is 11.6 Å². The number of hydrogen-bond donors (Lipinski definition) is 0.